The summed E-state index contributed by atoms with van der Waals surface area (Å²) in [6.45, 7) is 0.879. The van der Waals surface area contributed by atoms with Crippen molar-refractivity contribution in [2.45, 2.75) is 0 Å². The molecule has 2 heterocycles. The van der Waals surface area contributed by atoms with Gasteiger partial charge in [0.1, 0.15) is 19.0 Å². The second-order valence-corrected chi connectivity index (χ2v) is 5.62. The van der Waals surface area contributed by atoms with Crippen LogP contribution < -0.4 is 14.8 Å². The van der Waals surface area contributed by atoms with Crippen molar-refractivity contribution in [3.63, 3.8) is 0 Å². The largest absolute Gasteiger partial charge is 0.486 e. The second kappa shape index (κ2) is 5.91. The average molecular weight is 370 g/mol. The Balaban J connectivity index is 1.84. The first kappa shape index (κ1) is 14.2. The van der Waals surface area contributed by atoms with Gasteiger partial charge in [0, 0.05) is 16.2 Å². The van der Waals surface area contributed by atoms with E-state index in [9.17, 15) is 4.79 Å². The van der Waals surface area contributed by atoms with Gasteiger partial charge in [0.25, 0.3) is 5.91 Å². The van der Waals surface area contributed by atoms with E-state index >= 15 is 0 Å². The van der Waals surface area contributed by atoms with Crippen LogP contribution in [0.5, 0.6) is 11.5 Å². The molecule has 5 nitrogen and oxygen atoms in total. The predicted molar refractivity (Wildman–Crippen MR) is 82.3 cm³/mol. The number of nitrogens with one attached hydrogen (secondary N) is 1. The summed E-state index contributed by atoms with van der Waals surface area (Å²) in [4.78, 5) is 16.3. The van der Waals surface area contributed by atoms with Crippen molar-refractivity contribution in [3.8, 4) is 11.5 Å². The Labute approximate surface area is 134 Å². The molecule has 1 amide bonds. The SMILES string of the molecule is O=C(Nc1ccc(Br)cn1)c1cc(Cl)c2c(c1)OCCO2. The standard InChI is InChI=1S/C14H10BrClN2O3/c15-9-1-2-12(17-7-9)18-14(19)8-5-10(16)13-11(6-8)20-3-4-21-13/h1-2,5-7H,3-4H2,(H,17,18,19). The van der Waals surface area contributed by atoms with Crippen LogP contribution in [0, 0.1) is 0 Å². The number of carbonyl (C=O) groups excluding carboxylic acids is 1. The zero-order valence-corrected chi connectivity index (χ0v) is 13.1. The van der Waals surface area contributed by atoms with Gasteiger partial charge in [-0.25, -0.2) is 4.98 Å². The van der Waals surface area contributed by atoms with Crippen LogP contribution in [0.3, 0.4) is 0 Å². The summed E-state index contributed by atoms with van der Waals surface area (Å²) < 4.78 is 11.7. The number of rotatable bonds is 2. The zero-order chi connectivity index (χ0) is 14.8. The third-order valence-electron chi connectivity index (χ3n) is 2.83. The van der Waals surface area contributed by atoms with Crippen molar-refractivity contribution in [1.82, 2.24) is 4.98 Å². The molecule has 1 aliphatic rings. The number of fused-ring (bicyclic) bond motifs is 1. The Kier molecular flexibility index (Phi) is 3.98. The molecule has 0 radical (unpaired) electrons. The van der Waals surface area contributed by atoms with Gasteiger partial charge in [-0.05, 0) is 40.2 Å². The maximum absolute atomic E-state index is 12.2. The highest BCUT2D eigenvalue weighted by atomic mass is 79.9. The quantitative estimate of drug-likeness (QED) is 0.880. The molecule has 0 saturated heterocycles. The Hall–Kier alpha value is -1.79. The maximum atomic E-state index is 12.2. The number of hydrogen-bond acceptors (Lipinski definition) is 4. The minimum Gasteiger partial charge on any atom is -0.486 e. The molecular weight excluding hydrogens is 360 g/mol. The van der Waals surface area contributed by atoms with Gasteiger partial charge in [-0.15, -0.1) is 0 Å². The van der Waals surface area contributed by atoms with E-state index in [4.69, 9.17) is 21.1 Å². The molecule has 108 valence electrons. The van der Waals surface area contributed by atoms with E-state index in [2.05, 4.69) is 26.2 Å². The minimum absolute atomic E-state index is 0.316. The summed E-state index contributed by atoms with van der Waals surface area (Å²) >= 11 is 9.39. The fourth-order valence-corrected chi connectivity index (χ4v) is 2.38. The lowest BCUT2D eigenvalue weighted by molar-refractivity contribution is 0.102. The van der Waals surface area contributed by atoms with E-state index in [1.807, 2.05) is 0 Å². The monoisotopic (exact) mass is 368 g/mol. The molecule has 3 rings (SSSR count). The van der Waals surface area contributed by atoms with Gasteiger partial charge in [-0.3, -0.25) is 4.79 Å². The van der Waals surface area contributed by atoms with E-state index in [-0.39, 0.29) is 5.91 Å². The van der Waals surface area contributed by atoms with Crippen molar-refractivity contribution in [1.29, 1.82) is 0 Å². The number of ether oxygens (including phenoxy) is 2. The number of hydrogen-bond donors (Lipinski definition) is 1. The van der Waals surface area contributed by atoms with E-state index < -0.39 is 0 Å². The molecule has 0 unspecified atom stereocenters. The van der Waals surface area contributed by atoms with Crippen molar-refractivity contribution < 1.29 is 14.3 Å². The summed E-state index contributed by atoms with van der Waals surface area (Å²) in [5.41, 5.74) is 0.383. The molecule has 1 aliphatic heterocycles. The number of benzene rings is 1. The lowest BCUT2D eigenvalue weighted by atomic mass is 10.1. The Morgan fingerprint density at radius 1 is 1.29 bits per heavy atom. The maximum Gasteiger partial charge on any atom is 0.257 e. The Morgan fingerprint density at radius 3 is 2.86 bits per heavy atom. The molecule has 0 spiro atoms. The highest BCUT2D eigenvalue weighted by Gasteiger charge is 2.19. The molecule has 0 bridgehead atoms. The normalized spacial score (nSPS) is 12.9. The van der Waals surface area contributed by atoms with E-state index in [1.165, 1.54) is 0 Å². The fourth-order valence-electron chi connectivity index (χ4n) is 1.88. The van der Waals surface area contributed by atoms with Gasteiger partial charge in [-0.2, -0.15) is 0 Å². The number of aromatic nitrogens is 1. The molecule has 7 heteroatoms. The van der Waals surface area contributed by atoms with Gasteiger partial charge in [0.05, 0.1) is 5.02 Å². The van der Waals surface area contributed by atoms with E-state index in [0.29, 0.717) is 41.1 Å². The molecule has 1 aromatic carbocycles. The van der Waals surface area contributed by atoms with Crippen molar-refractivity contribution in [2.24, 2.45) is 0 Å². The smallest absolute Gasteiger partial charge is 0.257 e. The second-order valence-electron chi connectivity index (χ2n) is 4.30. The highest BCUT2D eigenvalue weighted by Crippen LogP contribution is 2.38. The van der Waals surface area contributed by atoms with Crippen LogP contribution in [-0.2, 0) is 0 Å². The van der Waals surface area contributed by atoms with Crippen LogP contribution >= 0.6 is 27.5 Å². The average Bonchev–Trinajstić information content (AvgIpc) is 2.49. The van der Waals surface area contributed by atoms with E-state index in [1.54, 1.807) is 30.5 Å². The van der Waals surface area contributed by atoms with Gasteiger partial charge in [0.2, 0.25) is 0 Å². The molecule has 0 aliphatic carbocycles. The van der Waals surface area contributed by atoms with Gasteiger partial charge in [0.15, 0.2) is 11.5 Å². The minimum atomic E-state index is -0.316. The van der Waals surface area contributed by atoms with Crippen LogP contribution in [0.1, 0.15) is 10.4 Å². The van der Waals surface area contributed by atoms with Crippen molar-refractivity contribution >= 4 is 39.3 Å². The number of nitrogens with zero attached hydrogens (tertiary/aromatic N) is 1. The van der Waals surface area contributed by atoms with E-state index in [0.717, 1.165) is 4.47 Å². The third-order valence-corrected chi connectivity index (χ3v) is 3.58. The highest BCUT2D eigenvalue weighted by molar-refractivity contribution is 9.10. The van der Waals surface area contributed by atoms with Gasteiger partial charge in [-0.1, -0.05) is 11.6 Å². The molecule has 2 aromatic rings. The lowest BCUT2D eigenvalue weighted by Crippen LogP contribution is -2.18. The van der Waals surface area contributed by atoms with Crippen LogP contribution in [0.4, 0.5) is 5.82 Å². The lowest BCUT2D eigenvalue weighted by Gasteiger charge is -2.20. The molecule has 21 heavy (non-hydrogen) atoms. The molecule has 1 N–H and O–H groups in total. The van der Waals surface area contributed by atoms with Crippen LogP contribution in [0.2, 0.25) is 5.02 Å². The fraction of sp³-hybridized carbons (Fsp3) is 0.143. The molecular formula is C14H10BrClN2O3. The molecule has 0 fully saturated rings. The molecule has 0 atom stereocenters. The Bertz CT molecular complexity index is 691. The van der Waals surface area contributed by atoms with Crippen LogP contribution in [0.15, 0.2) is 34.9 Å². The number of halogens is 2. The Morgan fingerprint density at radius 2 is 2.10 bits per heavy atom. The predicted octanol–water partition coefficient (Wildman–Crippen LogP) is 3.52. The summed E-state index contributed by atoms with van der Waals surface area (Å²) in [7, 11) is 0. The zero-order valence-electron chi connectivity index (χ0n) is 10.7. The summed E-state index contributed by atoms with van der Waals surface area (Å²) in [6.07, 6.45) is 1.60. The van der Waals surface area contributed by atoms with Gasteiger partial charge < -0.3 is 14.8 Å². The van der Waals surface area contributed by atoms with Crippen LogP contribution in [0.25, 0.3) is 0 Å². The topological polar surface area (TPSA) is 60.5 Å². The number of pyridine rings is 1. The van der Waals surface area contributed by atoms with Crippen LogP contribution in [-0.4, -0.2) is 24.1 Å². The number of amides is 1. The first-order valence-electron chi connectivity index (χ1n) is 6.15. The third kappa shape index (κ3) is 3.11. The van der Waals surface area contributed by atoms with Crippen molar-refractivity contribution in [2.75, 3.05) is 18.5 Å². The van der Waals surface area contributed by atoms with Gasteiger partial charge >= 0.3 is 0 Å². The molecule has 0 saturated carbocycles. The number of anilines is 1. The first-order chi connectivity index (χ1) is 10.1. The number of carbonyl (C=O) groups is 1. The first-order valence-corrected chi connectivity index (χ1v) is 7.32. The molecule has 1 aromatic heterocycles. The summed E-state index contributed by atoms with van der Waals surface area (Å²) in [6, 6.07) is 6.64. The van der Waals surface area contributed by atoms with Crippen molar-refractivity contribution in [3.05, 3.63) is 45.5 Å². The summed E-state index contributed by atoms with van der Waals surface area (Å²) in [5, 5.41) is 3.04. The summed E-state index contributed by atoms with van der Waals surface area (Å²) in [5.74, 6) is 1.09.